The molecule has 0 rings (SSSR count). The van der Waals surface area contributed by atoms with Gasteiger partial charge in [-0.05, 0) is 12.8 Å². The lowest BCUT2D eigenvalue weighted by atomic mass is 9.83. The van der Waals surface area contributed by atoms with Gasteiger partial charge >= 0.3 is 0 Å². The fraction of sp³-hybridized carbons (Fsp3) is 0.917. The van der Waals surface area contributed by atoms with Gasteiger partial charge in [-0.25, -0.2) is 0 Å². The SMILES string of the molecule is CCC(CC)(CO)CNC(=O)CNC(C)C. The molecule has 0 heterocycles. The van der Waals surface area contributed by atoms with E-state index in [9.17, 15) is 9.90 Å². The Hall–Kier alpha value is -0.610. The minimum absolute atomic E-state index is 0.00609. The summed E-state index contributed by atoms with van der Waals surface area (Å²) in [4.78, 5) is 11.5. The van der Waals surface area contributed by atoms with Crippen LogP contribution < -0.4 is 10.6 Å². The summed E-state index contributed by atoms with van der Waals surface area (Å²) >= 11 is 0. The Bertz CT molecular complexity index is 193. The highest BCUT2D eigenvalue weighted by Gasteiger charge is 2.25. The van der Waals surface area contributed by atoms with Crippen molar-refractivity contribution in [1.29, 1.82) is 0 Å². The molecular weight excluding hydrogens is 204 g/mol. The standard InChI is InChI=1S/C12H26N2O2/c1-5-12(6-2,9-15)8-14-11(16)7-13-10(3)4/h10,13,15H,5-9H2,1-4H3,(H,14,16). The van der Waals surface area contributed by atoms with Gasteiger partial charge in [0.1, 0.15) is 0 Å². The number of aliphatic hydroxyl groups excluding tert-OH is 1. The summed E-state index contributed by atoms with van der Waals surface area (Å²) in [6.45, 7) is 9.10. The predicted octanol–water partition coefficient (Wildman–Crippen LogP) is 0.899. The van der Waals surface area contributed by atoms with E-state index in [0.717, 1.165) is 12.8 Å². The Morgan fingerprint density at radius 2 is 1.88 bits per heavy atom. The zero-order chi connectivity index (χ0) is 12.6. The van der Waals surface area contributed by atoms with Crippen LogP contribution in [-0.4, -0.2) is 36.8 Å². The largest absolute Gasteiger partial charge is 0.396 e. The maximum atomic E-state index is 11.5. The number of hydrogen-bond donors (Lipinski definition) is 3. The highest BCUT2D eigenvalue weighted by Crippen LogP contribution is 2.24. The first-order chi connectivity index (χ1) is 7.49. The lowest BCUT2D eigenvalue weighted by molar-refractivity contribution is -0.121. The molecule has 4 heteroatoms. The van der Waals surface area contributed by atoms with Crippen molar-refractivity contribution in [2.24, 2.45) is 5.41 Å². The van der Waals surface area contributed by atoms with Crippen LogP contribution in [0.2, 0.25) is 0 Å². The normalized spacial score (nSPS) is 11.9. The number of carbonyl (C=O) groups is 1. The van der Waals surface area contributed by atoms with Crippen molar-refractivity contribution >= 4 is 5.91 Å². The van der Waals surface area contributed by atoms with Crippen molar-refractivity contribution < 1.29 is 9.90 Å². The van der Waals surface area contributed by atoms with Gasteiger partial charge in [0.2, 0.25) is 5.91 Å². The van der Waals surface area contributed by atoms with Gasteiger partial charge in [-0.15, -0.1) is 0 Å². The molecule has 16 heavy (non-hydrogen) atoms. The van der Waals surface area contributed by atoms with Crippen LogP contribution in [-0.2, 0) is 4.79 Å². The van der Waals surface area contributed by atoms with Crippen LogP contribution in [0.1, 0.15) is 40.5 Å². The van der Waals surface area contributed by atoms with E-state index < -0.39 is 0 Å². The maximum absolute atomic E-state index is 11.5. The number of aliphatic hydroxyl groups is 1. The molecular formula is C12H26N2O2. The number of hydrogen-bond acceptors (Lipinski definition) is 3. The third-order valence-corrected chi connectivity index (χ3v) is 3.17. The Labute approximate surface area is 98.8 Å². The van der Waals surface area contributed by atoms with Gasteiger partial charge in [-0.3, -0.25) is 4.79 Å². The van der Waals surface area contributed by atoms with Crippen molar-refractivity contribution in [3.8, 4) is 0 Å². The van der Waals surface area contributed by atoms with Crippen LogP contribution in [0.25, 0.3) is 0 Å². The van der Waals surface area contributed by atoms with E-state index in [2.05, 4.69) is 10.6 Å². The van der Waals surface area contributed by atoms with Crippen molar-refractivity contribution in [1.82, 2.24) is 10.6 Å². The van der Waals surface area contributed by atoms with Crippen LogP contribution in [0, 0.1) is 5.41 Å². The molecule has 0 unspecified atom stereocenters. The van der Waals surface area contributed by atoms with E-state index in [1.54, 1.807) is 0 Å². The summed E-state index contributed by atoms with van der Waals surface area (Å²) < 4.78 is 0. The Morgan fingerprint density at radius 1 is 1.31 bits per heavy atom. The highest BCUT2D eigenvalue weighted by atomic mass is 16.3. The predicted molar refractivity (Wildman–Crippen MR) is 66.2 cm³/mol. The lowest BCUT2D eigenvalue weighted by Crippen LogP contribution is -2.43. The molecule has 0 bridgehead atoms. The molecule has 0 aliphatic rings. The summed E-state index contributed by atoms with van der Waals surface area (Å²) in [5, 5.41) is 15.3. The van der Waals surface area contributed by atoms with E-state index in [1.807, 2.05) is 27.7 Å². The number of carbonyl (C=O) groups excluding carboxylic acids is 1. The van der Waals surface area contributed by atoms with Gasteiger partial charge in [0.25, 0.3) is 0 Å². The third kappa shape index (κ3) is 5.47. The van der Waals surface area contributed by atoms with Gasteiger partial charge in [-0.2, -0.15) is 0 Å². The Morgan fingerprint density at radius 3 is 2.25 bits per heavy atom. The molecule has 0 saturated carbocycles. The molecule has 0 aromatic rings. The number of amides is 1. The molecule has 1 amide bonds. The molecule has 0 aromatic heterocycles. The molecule has 4 nitrogen and oxygen atoms in total. The summed E-state index contributed by atoms with van der Waals surface area (Å²) in [6, 6.07) is 0.311. The second-order valence-electron chi connectivity index (χ2n) is 4.68. The zero-order valence-electron chi connectivity index (χ0n) is 11.0. The lowest BCUT2D eigenvalue weighted by Gasteiger charge is -2.29. The van der Waals surface area contributed by atoms with Crippen LogP contribution in [0.5, 0.6) is 0 Å². The molecule has 0 aliphatic carbocycles. The van der Waals surface area contributed by atoms with E-state index in [0.29, 0.717) is 19.1 Å². The second-order valence-corrected chi connectivity index (χ2v) is 4.68. The fourth-order valence-electron chi connectivity index (χ4n) is 1.42. The zero-order valence-corrected chi connectivity index (χ0v) is 11.0. The van der Waals surface area contributed by atoms with E-state index in [1.165, 1.54) is 0 Å². The molecule has 0 aliphatic heterocycles. The third-order valence-electron chi connectivity index (χ3n) is 3.17. The van der Waals surface area contributed by atoms with Gasteiger partial charge in [0.15, 0.2) is 0 Å². The molecule has 0 saturated heterocycles. The van der Waals surface area contributed by atoms with Gasteiger partial charge in [-0.1, -0.05) is 27.7 Å². The van der Waals surface area contributed by atoms with Crippen LogP contribution in [0.4, 0.5) is 0 Å². The van der Waals surface area contributed by atoms with E-state index in [-0.39, 0.29) is 17.9 Å². The Balaban J connectivity index is 3.97. The van der Waals surface area contributed by atoms with E-state index in [4.69, 9.17) is 0 Å². The molecule has 0 fully saturated rings. The van der Waals surface area contributed by atoms with Crippen molar-refractivity contribution in [2.45, 2.75) is 46.6 Å². The summed E-state index contributed by atoms with van der Waals surface area (Å²) in [6.07, 6.45) is 1.75. The summed E-state index contributed by atoms with van der Waals surface area (Å²) in [5.41, 5.74) is -0.159. The van der Waals surface area contributed by atoms with Crippen LogP contribution >= 0.6 is 0 Å². The first kappa shape index (κ1) is 15.4. The highest BCUT2D eigenvalue weighted by molar-refractivity contribution is 5.78. The van der Waals surface area contributed by atoms with Crippen molar-refractivity contribution in [2.75, 3.05) is 19.7 Å². The topological polar surface area (TPSA) is 61.4 Å². The minimum atomic E-state index is -0.159. The number of nitrogens with one attached hydrogen (secondary N) is 2. The van der Waals surface area contributed by atoms with Crippen LogP contribution in [0.15, 0.2) is 0 Å². The molecule has 96 valence electrons. The quantitative estimate of drug-likeness (QED) is 0.580. The first-order valence-corrected chi connectivity index (χ1v) is 6.10. The molecule has 0 atom stereocenters. The average Bonchev–Trinajstić information content (AvgIpc) is 2.29. The second kappa shape index (κ2) is 7.63. The average molecular weight is 230 g/mol. The van der Waals surface area contributed by atoms with Gasteiger partial charge in [0.05, 0.1) is 13.2 Å². The molecule has 0 aromatic carbocycles. The molecule has 3 N–H and O–H groups in total. The fourth-order valence-corrected chi connectivity index (χ4v) is 1.42. The molecule has 0 radical (unpaired) electrons. The summed E-state index contributed by atoms with van der Waals surface area (Å²) in [7, 11) is 0. The molecule has 0 spiro atoms. The summed E-state index contributed by atoms with van der Waals surface area (Å²) in [5.74, 6) is -0.00609. The van der Waals surface area contributed by atoms with E-state index >= 15 is 0 Å². The number of rotatable bonds is 8. The van der Waals surface area contributed by atoms with Crippen molar-refractivity contribution in [3.05, 3.63) is 0 Å². The first-order valence-electron chi connectivity index (χ1n) is 6.10. The Kier molecular flexibility index (Phi) is 7.34. The smallest absolute Gasteiger partial charge is 0.233 e. The maximum Gasteiger partial charge on any atom is 0.233 e. The monoisotopic (exact) mass is 230 g/mol. The van der Waals surface area contributed by atoms with Crippen LogP contribution in [0.3, 0.4) is 0 Å². The van der Waals surface area contributed by atoms with Crippen molar-refractivity contribution in [3.63, 3.8) is 0 Å². The van der Waals surface area contributed by atoms with Gasteiger partial charge in [0, 0.05) is 18.0 Å². The van der Waals surface area contributed by atoms with Gasteiger partial charge < -0.3 is 15.7 Å². The minimum Gasteiger partial charge on any atom is -0.396 e.